The van der Waals surface area contributed by atoms with Gasteiger partial charge in [-0.3, -0.25) is 4.79 Å². The van der Waals surface area contributed by atoms with Crippen LogP contribution in [0.3, 0.4) is 0 Å². The molecule has 1 amide bonds. The predicted octanol–water partition coefficient (Wildman–Crippen LogP) is 3.22. The zero-order chi connectivity index (χ0) is 19.1. The minimum absolute atomic E-state index is 0.149. The first-order valence-electron chi connectivity index (χ1n) is 9.81. The topological polar surface area (TPSA) is 45.6 Å². The Labute approximate surface area is 160 Å². The summed E-state index contributed by atoms with van der Waals surface area (Å²) in [5.74, 6) is -0.553. The molecule has 4 nitrogen and oxygen atoms in total. The van der Waals surface area contributed by atoms with Gasteiger partial charge in [0.25, 0.3) is 0 Å². The summed E-state index contributed by atoms with van der Waals surface area (Å²) in [6, 6.07) is 14.8. The second-order valence-corrected chi connectivity index (χ2v) is 7.43. The van der Waals surface area contributed by atoms with E-state index in [4.69, 9.17) is 0 Å². The maximum atomic E-state index is 13.2. The Morgan fingerprint density at radius 1 is 1.11 bits per heavy atom. The van der Waals surface area contributed by atoms with Crippen LogP contribution >= 0.6 is 0 Å². The van der Waals surface area contributed by atoms with E-state index < -0.39 is 0 Å². The van der Waals surface area contributed by atoms with E-state index in [2.05, 4.69) is 23.7 Å². The molecule has 1 unspecified atom stereocenters. The van der Waals surface area contributed by atoms with Crippen LogP contribution in [0.4, 0.5) is 15.8 Å². The first-order chi connectivity index (χ1) is 13.1. The smallest absolute Gasteiger partial charge is 0.243 e. The average molecular weight is 370 g/mol. The van der Waals surface area contributed by atoms with Gasteiger partial charge in [-0.15, -0.1) is 0 Å². The van der Waals surface area contributed by atoms with E-state index in [1.807, 2.05) is 18.2 Å². The van der Waals surface area contributed by atoms with Crippen molar-refractivity contribution in [1.82, 2.24) is 0 Å². The predicted molar refractivity (Wildman–Crippen MR) is 107 cm³/mol. The van der Waals surface area contributed by atoms with E-state index in [9.17, 15) is 9.18 Å². The van der Waals surface area contributed by atoms with Crippen LogP contribution in [0, 0.1) is 5.82 Å². The third-order valence-corrected chi connectivity index (χ3v) is 5.34. The van der Waals surface area contributed by atoms with Crippen LogP contribution in [-0.4, -0.2) is 25.5 Å². The highest BCUT2D eigenvalue weighted by Crippen LogP contribution is 2.17. The number of quaternary nitrogens is 1. The molecule has 1 aliphatic carbocycles. The van der Waals surface area contributed by atoms with Gasteiger partial charge in [-0.2, -0.15) is 0 Å². The second-order valence-electron chi connectivity index (χ2n) is 7.43. The maximum absolute atomic E-state index is 13.2. The SMILES string of the molecule is C[NH+](Cc1ccccc1NCC(=O)Nc1cccc(F)c1)C1CCCCC1. The van der Waals surface area contributed by atoms with Crippen molar-refractivity contribution in [1.29, 1.82) is 0 Å². The van der Waals surface area contributed by atoms with Gasteiger partial charge in [-0.1, -0.05) is 30.7 Å². The van der Waals surface area contributed by atoms with Crippen LogP contribution in [0.15, 0.2) is 48.5 Å². The Kier molecular flexibility index (Phi) is 6.82. The number of nitrogens with one attached hydrogen (secondary N) is 3. The van der Waals surface area contributed by atoms with Gasteiger partial charge in [0.05, 0.1) is 19.6 Å². The van der Waals surface area contributed by atoms with Gasteiger partial charge in [0.2, 0.25) is 5.91 Å². The van der Waals surface area contributed by atoms with Gasteiger partial charge in [0.1, 0.15) is 12.4 Å². The number of hydrogen-bond donors (Lipinski definition) is 3. The van der Waals surface area contributed by atoms with Crippen molar-refractivity contribution in [2.45, 2.75) is 44.7 Å². The highest BCUT2D eigenvalue weighted by Gasteiger charge is 2.22. The Morgan fingerprint density at radius 3 is 2.67 bits per heavy atom. The zero-order valence-electron chi connectivity index (χ0n) is 15.9. The molecule has 27 heavy (non-hydrogen) atoms. The summed E-state index contributed by atoms with van der Waals surface area (Å²) in [4.78, 5) is 13.7. The van der Waals surface area contributed by atoms with Crippen molar-refractivity contribution in [3.63, 3.8) is 0 Å². The number of rotatable bonds is 7. The Morgan fingerprint density at radius 2 is 1.89 bits per heavy atom. The monoisotopic (exact) mass is 370 g/mol. The number of carbonyl (C=O) groups excluding carboxylic acids is 1. The number of hydrogen-bond acceptors (Lipinski definition) is 2. The summed E-state index contributed by atoms with van der Waals surface area (Å²) in [7, 11) is 2.27. The minimum Gasteiger partial charge on any atom is -0.376 e. The van der Waals surface area contributed by atoms with E-state index in [0.29, 0.717) is 5.69 Å². The molecule has 0 spiro atoms. The van der Waals surface area contributed by atoms with Crippen molar-refractivity contribution >= 4 is 17.3 Å². The molecule has 2 aromatic carbocycles. The van der Waals surface area contributed by atoms with E-state index in [1.165, 1.54) is 54.7 Å². The summed E-state index contributed by atoms with van der Waals surface area (Å²) in [5.41, 5.74) is 2.68. The fourth-order valence-corrected chi connectivity index (χ4v) is 3.83. The number of halogens is 1. The summed E-state index contributed by atoms with van der Waals surface area (Å²) in [6.45, 7) is 1.09. The van der Waals surface area contributed by atoms with Crippen molar-refractivity contribution < 1.29 is 14.1 Å². The zero-order valence-corrected chi connectivity index (χ0v) is 15.9. The molecule has 0 aromatic heterocycles. The fraction of sp³-hybridized carbons (Fsp3) is 0.409. The summed E-state index contributed by atoms with van der Waals surface area (Å²) in [6.07, 6.45) is 6.64. The lowest BCUT2D eigenvalue weighted by molar-refractivity contribution is -0.921. The molecule has 5 heteroatoms. The van der Waals surface area contributed by atoms with Crippen molar-refractivity contribution in [3.8, 4) is 0 Å². The first kappa shape index (κ1) is 19.4. The molecule has 3 rings (SSSR count). The molecule has 1 fully saturated rings. The fourth-order valence-electron chi connectivity index (χ4n) is 3.83. The van der Waals surface area contributed by atoms with E-state index in [1.54, 1.807) is 12.1 Å². The molecule has 1 aliphatic rings. The molecule has 0 bridgehead atoms. The molecule has 2 aromatic rings. The van der Waals surface area contributed by atoms with Crippen molar-refractivity contribution in [2.75, 3.05) is 24.2 Å². The number of anilines is 2. The molecule has 1 atom stereocenters. The average Bonchev–Trinajstić information content (AvgIpc) is 2.68. The molecule has 0 heterocycles. The number of para-hydroxylation sites is 1. The van der Waals surface area contributed by atoms with Crippen LogP contribution < -0.4 is 15.5 Å². The quantitative estimate of drug-likeness (QED) is 0.701. The highest BCUT2D eigenvalue weighted by atomic mass is 19.1. The molecule has 1 saturated carbocycles. The van der Waals surface area contributed by atoms with E-state index in [0.717, 1.165) is 18.3 Å². The van der Waals surface area contributed by atoms with E-state index >= 15 is 0 Å². The van der Waals surface area contributed by atoms with Gasteiger partial charge in [0.15, 0.2) is 0 Å². The lowest BCUT2D eigenvalue weighted by Crippen LogP contribution is -3.11. The lowest BCUT2D eigenvalue weighted by Gasteiger charge is -2.28. The maximum Gasteiger partial charge on any atom is 0.243 e. The molecule has 0 radical (unpaired) electrons. The molecule has 0 aliphatic heterocycles. The van der Waals surface area contributed by atoms with Crippen LogP contribution in [0.2, 0.25) is 0 Å². The van der Waals surface area contributed by atoms with Gasteiger partial charge in [-0.25, -0.2) is 4.39 Å². The normalized spacial score (nSPS) is 15.9. The number of amides is 1. The Balaban J connectivity index is 1.56. The third-order valence-electron chi connectivity index (χ3n) is 5.34. The molecule has 144 valence electrons. The molecular formula is C22H29FN3O+. The largest absolute Gasteiger partial charge is 0.376 e. The van der Waals surface area contributed by atoms with Crippen LogP contribution in [0.5, 0.6) is 0 Å². The minimum atomic E-state index is -0.361. The molecular weight excluding hydrogens is 341 g/mol. The van der Waals surface area contributed by atoms with Crippen molar-refractivity contribution in [3.05, 3.63) is 59.9 Å². The van der Waals surface area contributed by atoms with Crippen LogP contribution in [0.25, 0.3) is 0 Å². The van der Waals surface area contributed by atoms with Crippen LogP contribution in [0.1, 0.15) is 37.7 Å². The standard InChI is InChI=1S/C22H28FN3O/c1-26(20-11-3-2-4-12-20)16-17-8-5-6-13-21(17)24-15-22(27)25-19-10-7-9-18(23)14-19/h5-10,13-14,20,24H,2-4,11-12,15-16H2,1H3,(H,25,27)/p+1. The second kappa shape index (κ2) is 9.51. The molecule has 0 saturated heterocycles. The van der Waals surface area contributed by atoms with Gasteiger partial charge >= 0.3 is 0 Å². The summed E-state index contributed by atoms with van der Waals surface area (Å²) >= 11 is 0. The number of carbonyl (C=O) groups is 1. The summed E-state index contributed by atoms with van der Waals surface area (Å²) < 4.78 is 13.2. The van der Waals surface area contributed by atoms with Crippen molar-refractivity contribution in [2.24, 2.45) is 0 Å². The summed E-state index contributed by atoms with van der Waals surface area (Å²) in [5, 5.41) is 5.96. The number of benzene rings is 2. The van der Waals surface area contributed by atoms with Gasteiger partial charge in [-0.05, 0) is 49.9 Å². The lowest BCUT2D eigenvalue weighted by atomic mass is 9.94. The van der Waals surface area contributed by atoms with E-state index in [-0.39, 0.29) is 18.3 Å². The Bertz CT molecular complexity index is 759. The van der Waals surface area contributed by atoms with Crippen LogP contribution in [-0.2, 0) is 11.3 Å². The van der Waals surface area contributed by atoms with Gasteiger partial charge in [0, 0.05) is 16.9 Å². The highest BCUT2D eigenvalue weighted by molar-refractivity contribution is 5.93. The van der Waals surface area contributed by atoms with Gasteiger partial charge < -0.3 is 15.5 Å². The third kappa shape index (κ3) is 5.79. The first-order valence-corrected chi connectivity index (χ1v) is 9.81. The Hall–Kier alpha value is -2.40. The molecule has 3 N–H and O–H groups in total.